The van der Waals surface area contributed by atoms with Crippen LogP contribution in [0, 0.1) is 0 Å². The van der Waals surface area contributed by atoms with E-state index in [9.17, 15) is 4.79 Å². The highest BCUT2D eigenvalue weighted by Crippen LogP contribution is 2.26. The molecule has 3 aromatic rings. The second kappa shape index (κ2) is 6.58. The number of fused-ring (bicyclic) bond motifs is 1. The van der Waals surface area contributed by atoms with Crippen LogP contribution in [0.15, 0.2) is 54.9 Å². The average molecular weight is 321 g/mol. The largest absolute Gasteiger partial charge is 0.497 e. The van der Waals surface area contributed by atoms with Crippen LogP contribution in [0.25, 0.3) is 22.8 Å². The first-order chi connectivity index (χ1) is 11.6. The molecule has 122 valence electrons. The summed E-state index contributed by atoms with van der Waals surface area (Å²) in [4.78, 5) is 17.9. The molecule has 1 aromatic carbocycles. The fourth-order valence-corrected chi connectivity index (χ4v) is 2.48. The van der Waals surface area contributed by atoms with E-state index in [4.69, 9.17) is 4.74 Å². The summed E-state index contributed by atoms with van der Waals surface area (Å²) in [5.74, 6) is 0.666. The maximum atomic E-state index is 11.9. The number of benzene rings is 1. The van der Waals surface area contributed by atoms with Crippen molar-refractivity contribution in [2.45, 2.75) is 0 Å². The zero-order valence-corrected chi connectivity index (χ0v) is 13.9. The van der Waals surface area contributed by atoms with Crippen LogP contribution in [-0.2, 0) is 4.79 Å². The van der Waals surface area contributed by atoms with Crippen LogP contribution in [0.1, 0.15) is 5.56 Å². The molecule has 2 aromatic heterocycles. The normalized spacial score (nSPS) is 11.1. The third-order valence-electron chi connectivity index (χ3n) is 3.79. The second-order valence-corrected chi connectivity index (χ2v) is 5.59. The lowest BCUT2D eigenvalue weighted by molar-refractivity contribution is -0.123. The third-order valence-corrected chi connectivity index (χ3v) is 3.79. The van der Waals surface area contributed by atoms with E-state index in [0.29, 0.717) is 0 Å². The Balaban J connectivity index is 2.12. The van der Waals surface area contributed by atoms with E-state index >= 15 is 0 Å². The number of methoxy groups -OCH3 is 1. The molecule has 5 heteroatoms. The number of carbonyl (C=O) groups is 1. The first-order valence-corrected chi connectivity index (χ1v) is 7.60. The van der Waals surface area contributed by atoms with Gasteiger partial charge in [0.1, 0.15) is 11.4 Å². The first-order valence-electron chi connectivity index (χ1n) is 7.60. The van der Waals surface area contributed by atoms with Gasteiger partial charge >= 0.3 is 0 Å². The summed E-state index contributed by atoms with van der Waals surface area (Å²) >= 11 is 0. The fourth-order valence-electron chi connectivity index (χ4n) is 2.48. The van der Waals surface area contributed by atoms with Gasteiger partial charge in [-0.3, -0.25) is 4.79 Å². The SMILES string of the molecule is COc1ccc(-n2ccc3cccnc32)c(/C=C/C(=O)N(C)C)c1. The predicted octanol–water partition coefficient (Wildman–Crippen LogP) is 3.14. The van der Waals surface area contributed by atoms with E-state index in [2.05, 4.69) is 4.98 Å². The molecule has 3 rings (SSSR count). The molecule has 0 aliphatic carbocycles. The quantitative estimate of drug-likeness (QED) is 0.694. The molecular formula is C19H19N3O2. The molecule has 1 amide bonds. The third kappa shape index (κ3) is 3.01. The topological polar surface area (TPSA) is 47.4 Å². The number of aromatic nitrogens is 2. The van der Waals surface area contributed by atoms with E-state index in [1.54, 1.807) is 39.6 Å². The number of rotatable bonds is 4. The number of likely N-dealkylation sites (N-methyl/N-ethyl adjacent to an activating group) is 1. The molecule has 0 fully saturated rings. The summed E-state index contributed by atoms with van der Waals surface area (Å²) in [5, 5.41) is 1.06. The van der Waals surface area contributed by atoms with Gasteiger partial charge in [-0.15, -0.1) is 0 Å². The molecule has 0 radical (unpaired) electrons. The van der Waals surface area contributed by atoms with Gasteiger partial charge in [-0.2, -0.15) is 0 Å². The summed E-state index contributed by atoms with van der Waals surface area (Å²) in [6.07, 6.45) is 7.10. The predicted molar refractivity (Wildman–Crippen MR) is 95.4 cm³/mol. The Hall–Kier alpha value is -3.08. The minimum Gasteiger partial charge on any atom is -0.497 e. The number of pyridine rings is 1. The zero-order chi connectivity index (χ0) is 17.1. The van der Waals surface area contributed by atoms with Gasteiger partial charge in [0.05, 0.1) is 12.8 Å². The molecule has 0 aliphatic rings. The average Bonchev–Trinajstić information content (AvgIpc) is 3.03. The van der Waals surface area contributed by atoms with E-state index in [0.717, 1.165) is 28.0 Å². The van der Waals surface area contributed by atoms with Crippen LogP contribution < -0.4 is 4.74 Å². The van der Waals surface area contributed by atoms with Crippen molar-refractivity contribution in [2.24, 2.45) is 0 Å². The summed E-state index contributed by atoms with van der Waals surface area (Å²) in [6, 6.07) is 11.7. The van der Waals surface area contributed by atoms with Crippen LogP contribution in [0.4, 0.5) is 0 Å². The Labute approximate surface area is 140 Å². The van der Waals surface area contributed by atoms with Crippen molar-refractivity contribution in [3.63, 3.8) is 0 Å². The van der Waals surface area contributed by atoms with Crippen molar-refractivity contribution in [3.05, 3.63) is 60.4 Å². The molecule has 0 saturated carbocycles. The molecule has 0 unspecified atom stereocenters. The summed E-state index contributed by atoms with van der Waals surface area (Å²) in [6.45, 7) is 0. The minimum atomic E-state index is -0.0701. The first kappa shape index (κ1) is 15.8. The number of amides is 1. The standard InChI is InChI=1S/C19H19N3O2/c1-21(2)18(23)9-6-15-13-16(24-3)7-8-17(15)22-12-10-14-5-4-11-20-19(14)22/h4-13H,1-3H3/b9-6+. The highest BCUT2D eigenvalue weighted by Gasteiger charge is 2.09. The molecule has 0 N–H and O–H groups in total. The van der Waals surface area contributed by atoms with Crippen LogP contribution in [0.3, 0.4) is 0 Å². The molecule has 0 aliphatic heterocycles. The molecule has 24 heavy (non-hydrogen) atoms. The lowest BCUT2D eigenvalue weighted by Crippen LogP contribution is -2.18. The lowest BCUT2D eigenvalue weighted by atomic mass is 10.1. The smallest absolute Gasteiger partial charge is 0.246 e. The summed E-state index contributed by atoms with van der Waals surface area (Å²) in [5.41, 5.74) is 2.69. The lowest BCUT2D eigenvalue weighted by Gasteiger charge is -2.11. The van der Waals surface area contributed by atoms with E-state index in [-0.39, 0.29) is 5.91 Å². The van der Waals surface area contributed by atoms with Crippen molar-refractivity contribution < 1.29 is 9.53 Å². The molecule has 5 nitrogen and oxygen atoms in total. The van der Waals surface area contributed by atoms with Gasteiger partial charge in [0, 0.05) is 43.5 Å². The van der Waals surface area contributed by atoms with E-state index < -0.39 is 0 Å². The number of hydrogen-bond acceptors (Lipinski definition) is 3. The number of hydrogen-bond donors (Lipinski definition) is 0. The van der Waals surface area contributed by atoms with Crippen LogP contribution in [0.5, 0.6) is 5.75 Å². The highest BCUT2D eigenvalue weighted by molar-refractivity contribution is 5.92. The minimum absolute atomic E-state index is 0.0701. The number of ether oxygens (including phenoxy) is 1. The molecular weight excluding hydrogens is 302 g/mol. The molecule has 0 saturated heterocycles. The van der Waals surface area contributed by atoms with Gasteiger partial charge in [-0.05, 0) is 42.5 Å². The summed E-state index contributed by atoms with van der Waals surface area (Å²) < 4.78 is 7.32. The van der Waals surface area contributed by atoms with Crippen molar-refractivity contribution in [1.82, 2.24) is 14.5 Å². The van der Waals surface area contributed by atoms with Crippen molar-refractivity contribution in [3.8, 4) is 11.4 Å². The highest BCUT2D eigenvalue weighted by atomic mass is 16.5. The molecule has 2 heterocycles. The number of nitrogens with zero attached hydrogens (tertiary/aromatic N) is 3. The van der Waals surface area contributed by atoms with Crippen LogP contribution >= 0.6 is 0 Å². The maximum Gasteiger partial charge on any atom is 0.246 e. The Morgan fingerprint density at radius 2 is 2.08 bits per heavy atom. The van der Waals surface area contributed by atoms with Gasteiger partial charge < -0.3 is 14.2 Å². The van der Waals surface area contributed by atoms with Crippen molar-refractivity contribution >= 4 is 23.0 Å². The van der Waals surface area contributed by atoms with Gasteiger partial charge in [0.15, 0.2) is 0 Å². The van der Waals surface area contributed by atoms with Crippen molar-refractivity contribution in [1.29, 1.82) is 0 Å². The van der Waals surface area contributed by atoms with Gasteiger partial charge in [-0.1, -0.05) is 0 Å². The molecule has 0 spiro atoms. The van der Waals surface area contributed by atoms with Gasteiger partial charge in [-0.25, -0.2) is 4.98 Å². The molecule has 0 bridgehead atoms. The van der Waals surface area contributed by atoms with Crippen LogP contribution in [-0.4, -0.2) is 41.6 Å². The Morgan fingerprint density at radius 1 is 1.25 bits per heavy atom. The Morgan fingerprint density at radius 3 is 2.83 bits per heavy atom. The Bertz CT molecular complexity index is 910. The Kier molecular flexibility index (Phi) is 4.33. The van der Waals surface area contributed by atoms with Crippen molar-refractivity contribution in [2.75, 3.05) is 21.2 Å². The molecule has 0 atom stereocenters. The summed E-state index contributed by atoms with van der Waals surface area (Å²) in [7, 11) is 5.07. The fraction of sp³-hybridized carbons (Fsp3) is 0.158. The maximum absolute atomic E-state index is 11.9. The second-order valence-electron chi connectivity index (χ2n) is 5.59. The zero-order valence-electron chi connectivity index (χ0n) is 13.9. The monoisotopic (exact) mass is 321 g/mol. The number of carbonyl (C=O) groups excluding carboxylic acids is 1. The van der Waals surface area contributed by atoms with E-state index in [1.807, 2.05) is 47.2 Å². The van der Waals surface area contributed by atoms with Gasteiger partial charge in [0.25, 0.3) is 0 Å². The van der Waals surface area contributed by atoms with Gasteiger partial charge in [0.2, 0.25) is 5.91 Å². The van der Waals surface area contributed by atoms with Crippen LogP contribution in [0.2, 0.25) is 0 Å². The van der Waals surface area contributed by atoms with E-state index in [1.165, 1.54) is 4.90 Å².